The molecule has 0 heterocycles. The molecule has 1 saturated carbocycles. The summed E-state index contributed by atoms with van der Waals surface area (Å²) in [4.78, 5) is 0. The van der Waals surface area contributed by atoms with Crippen LogP contribution in [0.1, 0.15) is 30.7 Å². The second-order valence-corrected chi connectivity index (χ2v) is 6.84. The quantitative estimate of drug-likeness (QED) is 0.752. The second kappa shape index (κ2) is 7.02. The Morgan fingerprint density at radius 3 is 2.29 bits per heavy atom. The standard InChI is InChI=1S/C20H15F3N4O/c21-20(22,23)28-13-7-5-12(6-8-13)17-15-4-2-1-3-14(15)16(9-24)18(27)19(17,10-25)11-26/h3,5-8,15-17,27H,1-2,4H2/t15-,16-,17+/m0/s1. The van der Waals surface area contributed by atoms with Crippen molar-refractivity contribution in [2.45, 2.75) is 31.5 Å². The Kier molecular flexibility index (Phi) is 4.87. The number of fused-ring (bicyclic) bond motifs is 1. The summed E-state index contributed by atoms with van der Waals surface area (Å²) in [5.74, 6) is -2.39. The normalized spacial score (nSPS) is 26.1. The summed E-state index contributed by atoms with van der Waals surface area (Å²) in [6.45, 7) is 0. The molecular formula is C20H15F3N4O. The molecule has 3 rings (SSSR count). The van der Waals surface area contributed by atoms with E-state index in [4.69, 9.17) is 5.41 Å². The molecule has 8 heteroatoms. The Balaban J connectivity index is 2.11. The number of hydrogen-bond acceptors (Lipinski definition) is 5. The summed E-state index contributed by atoms with van der Waals surface area (Å²) in [6.07, 6.45) is -0.749. The highest BCUT2D eigenvalue weighted by molar-refractivity contribution is 6.00. The minimum absolute atomic E-state index is 0.273. The highest BCUT2D eigenvalue weighted by Crippen LogP contribution is 2.55. The van der Waals surface area contributed by atoms with Gasteiger partial charge in [0.1, 0.15) is 11.7 Å². The van der Waals surface area contributed by atoms with Gasteiger partial charge in [0.25, 0.3) is 0 Å². The van der Waals surface area contributed by atoms with E-state index < -0.39 is 29.4 Å². The molecule has 142 valence electrons. The summed E-state index contributed by atoms with van der Waals surface area (Å²) >= 11 is 0. The molecule has 5 nitrogen and oxygen atoms in total. The van der Waals surface area contributed by atoms with Crippen LogP contribution in [0.25, 0.3) is 0 Å². The van der Waals surface area contributed by atoms with Gasteiger partial charge in [-0.05, 0) is 48.4 Å². The van der Waals surface area contributed by atoms with Gasteiger partial charge in [0.15, 0.2) is 5.41 Å². The highest BCUT2D eigenvalue weighted by Gasteiger charge is 2.57. The number of nitrogens with one attached hydrogen (secondary N) is 1. The maximum atomic E-state index is 12.4. The average molecular weight is 384 g/mol. The summed E-state index contributed by atoms with van der Waals surface area (Å²) in [7, 11) is 0. The monoisotopic (exact) mass is 384 g/mol. The first-order valence-electron chi connectivity index (χ1n) is 8.64. The van der Waals surface area contributed by atoms with E-state index in [0.717, 1.165) is 30.5 Å². The Bertz CT molecular complexity index is 930. The zero-order chi connectivity index (χ0) is 20.5. The number of nitrogens with zero attached hydrogens (tertiary/aromatic N) is 3. The predicted octanol–water partition coefficient (Wildman–Crippen LogP) is 4.60. The minimum atomic E-state index is -4.82. The Hall–Kier alpha value is -3.31. The van der Waals surface area contributed by atoms with E-state index in [0.29, 0.717) is 12.0 Å². The first-order valence-corrected chi connectivity index (χ1v) is 8.64. The lowest BCUT2D eigenvalue weighted by atomic mass is 9.53. The van der Waals surface area contributed by atoms with Crippen LogP contribution >= 0.6 is 0 Å². The fourth-order valence-corrected chi connectivity index (χ4v) is 4.26. The molecule has 1 fully saturated rings. The van der Waals surface area contributed by atoms with Gasteiger partial charge in [-0.2, -0.15) is 15.8 Å². The summed E-state index contributed by atoms with van der Waals surface area (Å²) in [5.41, 5.74) is -0.936. The molecule has 2 aliphatic carbocycles. The third kappa shape index (κ3) is 3.10. The Labute approximate surface area is 159 Å². The number of alkyl halides is 3. The van der Waals surface area contributed by atoms with Crippen molar-refractivity contribution in [2.75, 3.05) is 0 Å². The molecule has 0 aliphatic heterocycles. The smallest absolute Gasteiger partial charge is 0.406 e. The van der Waals surface area contributed by atoms with E-state index >= 15 is 0 Å². The number of halogens is 3. The third-order valence-corrected chi connectivity index (χ3v) is 5.40. The van der Waals surface area contributed by atoms with Crippen LogP contribution in [-0.2, 0) is 0 Å². The fraction of sp³-hybridized carbons (Fsp3) is 0.400. The van der Waals surface area contributed by atoms with Gasteiger partial charge in [0.2, 0.25) is 0 Å². The lowest BCUT2D eigenvalue weighted by Gasteiger charge is -2.45. The van der Waals surface area contributed by atoms with Gasteiger partial charge in [0, 0.05) is 5.92 Å². The number of rotatable bonds is 2. The van der Waals surface area contributed by atoms with E-state index in [-0.39, 0.29) is 11.6 Å². The number of nitriles is 3. The molecule has 0 amide bonds. The molecule has 2 aliphatic rings. The van der Waals surface area contributed by atoms with Crippen molar-refractivity contribution in [3.8, 4) is 24.0 Å². The van der Waals surface area contributed by atoms with Crippen LogP contribution in [0.4, 0.5) is 13.2 Å². The van der Waals surface area contributed by atoms with Gasteiger partial charge in [0.05, 0.1) is 23.9 Å². The molecule has 0 spiro atoms. The third-order valence-electron chi connectivity index (χ3n) is 5.40. The van der Waals surface area contributed by atoms with Gasteiger partial charge in [-0.1, -0.05) is 18.2 Å². The fourth-order valence-electron chi connectivity index (χ4n) is 4.26. The molecule has 0 saturated heterocycles. The van der Waals surface area contributed by atoms with Crippen molar-refractivity contribution in [1.82, 2.24) is 0 Å². The van der Waals surface area contributed by atoms with E-state index in [1.165, 1.54) is 12.1 Å². The Morgan fingerprint density at radius 1 is 1.11 bits per heavy atom. The van der Waals surface area contributed by atoms with E-state index in [9.17, 15) is 29.0 Å². The molecule has 1 N–H and O–H groups in total. The van der Waals surface area contributed by atoms with Crippen molar-refractivity contribution in [1.29, 1.82) is 21.2 Å². The molecule has 3 atom stereocenters. The first kappa shape index (κ1) is 19.5. The molecule has 1 aromatic carbocycles. The lowest BCUT2D eigenvalue weighted by Crippen LogP contribution is -2.48. The molecule has 0 radical (unpaired) electrons. The second-order valence-electron chi connectivity index (χ2n) is 6.84. The maximum absolute atomic E-state index is 12.4. The van der Waals surface area contributed by atoms with Crippen LogP contribution in [0.3, 0.4) is 0 Å². The van der Waals surface area contributed by atoms with Gasteiger partial charge in [-0.3, -0.25) is 0 Å². The maximum Gasteiger partial charge on any atom is 0.573 e. The molecular weight excluding hydrogens is 369 g/mol. The number of ether oxygens (including phenoxy) is 1. The highest BCUT2D eigenvalue weighted by atomic mass is 19.4. The zero-order valence-corrected chi connectivity index (χ0v) is 14.6. The molecule has 28 heavy (non-hydrogen) atoms. The van der Waals surface area contributed by atoms with Gasteiger partial charge >= 0.3 is 6.36 Å². The lowest BCUT2D eigenvalue weighted by molar-refractivity contribution is -0.274. The number of benzene rings is 1. The minimum Gasteiger partial charge on any atom is -0.406 e. The van der Waals surface area contributed by atoms with Crippen LogP contribution in [0, 0.1) is 56.7 Å². The van der Waals surface area contributed by atoms with Crippen molar-refractivity contribution in [2.24, 2.45) is 17.3 Å². The summed E-state index contributed by atoms with van der Waals surface area (Å²) in [6, 6.07) is 11.0. The first-order chi connectivity index (χ1) is 13.3. The van der Waals surface area contributed by atoms with Crippen LogP contribution in [-0.4, -0.2) is 12.1 Å². The van der Waals surface area contributed by atoms with E-state index in [1.807, 2.05) is 24.3 Å². The van der Waals surface area contributed by atoms with Crippen LogP contribution in [0.5, 0.6) is 5.75 Å². The van der Waals surface area contributed by atoms with Crippen molar-refractivity contribution < 1.29 is 17.9 Å². The largest absolute Gasteiger partial charge is 0.573 e. The summed E-state index contributed by atoms with van der Waals surface area (Å²) in [5, 5.41) is 37.7. The van der Waals surface area contributed by atoms with Crippen molar-refractivity contribution in [3.63, 3.8) is 0 Å². The molecule has 0 unspecified atom stereocenters. The van der Waals surface area contributed by atoms with E-state index in [1.54, 1.807) is 0 Å². The number of allylic oxidation sites excluding steroid dienone is 2. The van der Waals surface area contributed by atoms with Crippen molar-refractivity contribution >= 4 is 5.71 Å². The van der Waals surface area contributed by atoms with Crippen LogP contribution in [0.15, 0.2) is 35.9 Å². The van der Waals surface area contributed by atoms with Gasteiger partial charge in [-0.25, -0.2) is 0 Å². The molecule has 0 aromatic heterocycles. The Morgan fingerprint density at radius 2 is 1.75 bits per heavy atom. The van der Waals surface area contributed by atoms with Crippen molar-refractivity contribution in [3.05, 3.63) is 41.5 Å². The van der Waals surface area contributed by atoms with Crippen LogP contribution in [0.2, 0.25) is 0 Å². The van der Waals surface area contributed by atoms with Gasteiger partial charge in [-0.15, -0.1) is 13.2 Å². The topological polar surface area (TPSA) is 104 Å². The molecule has 1 aromatic rings. The molecule has 0 bridgehead atoms. The van der Waals surface area contributed by atoms with E-state index in [2.05, 4.69) is 4.74 Å². The van der Waals surface area contributed by atoms with Gasteiger partial charge < -0.3 is 10.1 Å². The average Bonchev–Trinajstić information content (AvgIpc) is 2.67. The summed E-state index contributed by atoms with van der Waals surface area (Å²) < 4.78 is 41.1. The van der Waals surface area contributed by atoms with Crippen LogP contribution < -0.4 is 4.74 Å². The SMILES string of the molecule is N#C[C@@H]1C(=N)C(C#N)(C#N)[C@H](c2ccc(OC(F)(F)F)cc2)[C@H]2CCCC=C12. The number of hydrogen-bond donors (Lipinski definition) is 1. The predicted molar refractivity (Wildman–Crippen MR) is 91.8 cm³/mol. The zero-order valence-electron chi connectivity index (χ0n) is 14.6.